The van der Waals surface area contributed by atoms with Crippen LogP contribution >= 0.6 is 0 Å². The van der Waals surface area contributed by atoms with Gasteiger partial charge in [-0.3, -0.25) is 4.79 Å². The van der Waals surface area contributed by atoms with Crippen molar-refractivity contribution in [2.24, 2.45) is 17.3 Å². The minimum absolute atomic E-state index is 0.263. The van der Waals surface area contributed by atoms with Crippen LogP contribution in [0.4, 0.5) is 4.79 Å². The van der Waals surface area contributed by atoms with Crippen molar-refractivity contribution in [3.05, 3.63) is 0 Å². The zero-order valence-electron chi connectivity index (χ0n) is 14.9. The van der Waals surface area contributed by atoms with Crippen LogP contribution in [0.15, 0.2) is 0 Å². The van der Waals surface area contributed by atoms with Crippen LogP contribution in [-0.4, -0.2) is 40.8 Å². The van der Waals surface area contributed by atoms with Crippen molar-refractivity contribution in [2.45, 2.75) is 64.9 Å². The molecule has 2 aliphatic rings. The highest BCUT2D eigenvalue weighted by Gasteiger charge is 2.51. The molecule has 1 N–H and O–H groups in total. The molecule has 6 heteroatoms. The van der Waals surface area contributed by atoms with Crippen LogP contribution in [0, 0.1) is 28.6 Å². The summed E-state index contributed by atoms with van der Waals surface area (Å²) in [5.41, 5.74) is -1.07. The highest BCUT2D eigenvalue weighted by Crippen LogP contribution is 2.51. The molecule has 2 fully saturated rings. The number of ether oxygens (including phenoxy) is 1. The Morgan fingerprint density at radius 1 is 1.25 bits per heavy atom. The van der Waals surface area contributed by atoms with Crippen LogP contribution < -0.4 is 0 Å². The summed E-state index contributed by atoms with van der Waals surface area (Å²) in [5, 5.41) is 19.0. The van der Waals surface area contributed by atoms with E-state index in [-0.39, 0.29) is 12.0 Å². The fourth-order valence-corrected chi connectivity index (χ4v) is 4.30. The SMILES string of the molecule is CC(C)(C)OC(=O)N1CCC(C2CCCC2)([C@@H](C#N)C(=O)O)CC1. The van der Waals surface area contributed by atoms with E-state index in [1.807, 2.05) is 26.8 Å². The molecular weight excluding hydrogens is 308 g/mol. The quantitative estimate of drug-likeness (QED) is 0.852. The van der Waals surface area contributed by atoms with Crippen molar-refractivity contribution in [1.29, 1.82) is 5.26 Å². The summed E-state index contributed by atoms with van der Waals surface area (Å²) in [6, 6.07) is 2.04. The number of likely N-dealkylation sites (tertiary alicyclic amines) is 1. The minimum atomic E-state index is -1.03. The molecule has 1 amide bonds. The van der Waals surface area contributed by atoms with Gasteiger partial charge in [0.15, 0.2) is 0 Å². The lowest BCUT2D eigenvalue weighted by Gasteiger charge is -2.47. The number of hydrogen-bond acceptors (Lipinski definition) is 4. The van der Waals surface area contributed by atoms with Gasteiger partial charge in [-0.1, -0.05) is 12.8 Å². The maximum atomic E-state index is 12.2. The van der Waals surface area contributed by atoms with Gasteiger partial charge in [0, 0.05) is 18.5 Å². The average molecular weight is 336 g/mol. The number of carboxylic acid groups (broad SMARTS) is 1. The maximum Gasteiger partial charge on any atom is 0.410 e. The number of hydrogen-bond donors (Lipinski definition) is 1. The largest absolute Gasteiger partial charge is 0.480 e. The van der Waals surface area contributed by atoms with Gasteiger partial charge >= 0.3 is 12.1 Å². The van der Waals surface area contributed by atoms with Gasteiger partial charge in [-0.15, -0.1) is 0 Å². The first-order valence-corrected chi connectivity index (χ1v) is 8.80. The smallest absolute Gasteiger partial charge is 0.410 e. The van der Waals surface area contributed by atoms with Gasteiger partial charge in [0.2, 0.25) is 0 Å². The van der Waals surface area contributed by atoms with E-state index in [0.29, 0.717) is 25.9 Å². The van der Waals surface area contributed by atoms with Crippen molar-refractivity contribution >= 4 is 12.1 Å². The van der Waals surface area contributed by atoms with E-state index in [9.17, 15) is 20.0 Å². The highest BCUT2D eigenvalue weighted by atomic mass is 16.6. The molecule has 0 radical (unpaired) electrons. The molecule has 6 nitrogen and oxygen atoms in total. The Morgan fingerprint density at radius 2 is 1.79 bits per heavy atom. The molecule has 1 saturated heterocycles. The number of aliphatic carboxylic acids is 1. The van der Waals surface area contributed by atoms with E-state index in [2.05, 4.69) is 0 Å². The molecule has 1 aliphatic heterocycles. The number of carbonyl (C=O) groups excluding carboxylic acids is 1. The van der Waals surface area contributed by atoms with Gasteiger partial charge in [0.05, 0.1) is 6.07 Å². The van der Waals surface area contributed by atoms with Gasteiger partial charge in [0.1, 0.15) is 11.5 Å². The van der Waals surface area contributed by atoms with E-state index in [1.165, 1.54) is 0 Å². The van der Waals surface area contributed by atoms with Crippen molar-refractivity contribution < 1.29 is 19.4 Å². The predicted molar refractivity (Wildman–Crippen MR) is 88.2 cm³/mol. The number of piperidine rings is 1. The fraction of sp³-hybridized carbons (Fsp3) is 0.833. The second kappa shape index (κ2) is 7.00. The molecule has 0 bridgehead atoms. The minimum Gasteiger partial charge on any atom is -0.480 e. The number of nitrogens with zero attached hydrogens (tertiary/aromatic N) is 2. The van der Waals surface area contributed by atoms with E-state index >= 15 is 0 Å². The Morgan fingerprint density at radius 3 is 2.21 bits per heavy atom. The molecule has 1 heterocycles. The van der Waals surface area contributed by atoms with Crippen molar-refractivity contribution in [1.82, 2.24) is 4.90 Å². The second-order valence-electron chi connectivity index (χ2n) is 8.08. The van der Waals surface area contributed by atoms with Crippen LogP contribution in [0.25, 0.3) is 0 Å². The molecule has 1 atom stereocenters. The summed E-state index contributed by atoms with van der Waals surface area (Å²) >= 11 is 0. The lowest BCUT2D eigenvalue weighted by atomic mass is 9.61. The van der Waals surface area contributed by atoms with Gasteiger partial charge in [-0.25, -0.2) is 4.79 Å². The first-order chi connectivity index (χ1) is 11.2. The Labute approximate surface area is 143 Å². The average Bonchev–Trinajstić information content (AvgIpc) is 3.01. The lowest BCUT2D eigenvalue weighted by Crippen LogP contribution is -2.51. The van der Waals surface area contributed by atoms with Crippen LogP contribution in [0.1, 0.15) is 59.3 Å². The fourth-order valence-electron chi connectivity index (χ4n) is 4.30. The molecule has 0 aromatic carbocycles. The van der Waals surface area contributed by atoms with Gasteiger partial charge in [0.25, 0.3) is 0 Å². The normalized spacial score (nSPS) is 22.7. The van der Waals surface area contributed by atoms with Gasteiger partial charge in [-0.05, 0) is 52.4 Å². The van der Waals surface area contributed by atoms with E-state index in [0.717, 1.165) is 25.7 Å². The summed E-state index contributed by atoms with van der Waals surface area (Å²) in [6.07, 6.45) is 4.92. The molecule has 0 aromatic rings. The number of nitriles is 1. The Kier molecular flexibility index (Phi) is 5.42. The van der Waals surface area contributed by atoms with Crippen LogP contribution in [0.3, 0.4) is 0 Å². The van der Waals surface area contributed by atoms with E-state index in [4.69, 9.17) is 4.74 Å². The summed E-state index contributed by atoms with van der Waals surface area (Å²) in [6.45, 7) is 6.39. The maximum absolute atomic E-state index is 12.2. The lowest BCUT2D eigenvalue weighted by molar-refractivity contribution is -0.147. The Bertz CT molecular complexity index is 518. The van der Waals surface area contributed by atoms with Crippen LogP contribution in [0.2, 0.25) is 0 Å². The standard InChI is InChI=1S/C18H28N2O4/c1-17(2,3)24-16(23)20-10-8-18(9-11-20,13-6-4-5-7-13)14(12-19)15(21)22/h13-14H,4-11H2,1-3H3,(H,21,22)/t14-/m0/s1. The third-order valence-electron chi connectivity index (χ3n) is 5.47. The molecule has 0 spiro atoms. The van der Waals surface area contributed by atoms with E-state index in [1.54, 1.807) is 4.90 Å². The van der Waals surface area contributed by atoms with Crippen molar-refractivity contribution in [2.75, 3.05) is 13.1 Å². The predicted octanol–water partition coefficient (Wildman–Crippen LogP) is 3.42. The zero-order chi connectivity index (χ0) is 18.0. The topological polar surface area (TPSA) is 90.6 Å². The molecule has 1 aliphatic carbocycles. The molecule has 134 valence electrons. The monoisotopic (exact) mass is 336 g/mol. The number of carboxylic acids is 1. The molecule has 24 heavy (non-hydrogen) atoms. The summed E-state index contributed by atoms with van der Waals surface area (Å²) in [7, 11) is 0. The second-order valence-corrected chi connectivity index (χ2v) is 8.08. The van der Waals surface area contributed by atoms with Gasteiger partial charge in [-0.2, -0.15) is 5.26 Å². The third kappa shape index (κ3) is 3.82. The van der Waals surface area contributed by atoms with Crippen LogP contribution in [-0.2, 0) is 9.53 Å². The van der Waals surface area contributed by atoms with E-state index < -0.39 is 22.9 Å². The summed E-state index contributed by atoms with van der Waals surface area (Å²) in [5.74, 6) is -1.77. The summed E-state index contributed by atoms with van der Waals surface area (Å²) < 4.78 is 5.41. The molecule has 0 unspecified atom stereocenters. The molecular formula is C18H28N2O4. The molecule has 1 saturated carbocycles. The van der Waals surface area contributed by atoms with Crippen LogP contribution in [0.5, 0.6) is 0 Å². The number of amides is 1. The first kappa shape index (κ1) is 18.6. The van der Waals surface area contributed by atoms with Crippen molar-refractivity contribution in [3.8, 4) is 6.07 Å². The highest BCUT2D eigenvalue weighted by molar-refractivity contribution is 5.74. The molecule has 0 aromatic heterocycles. The third-order valence-corrected chi connectivity index (χ3v) is 5.47. The Hall–Kier alpha value is -1.77. The zero-order valence-corrected chi connectivity index (χ0v) is 14.9. The first-order valence-electron chi connectivity index (χ1n) is 8.80. The summed E-state index contributed by atoms with van der Waals surface area (Å²) in [4.78, 5) is 25.6. The Balaban J connectivity index is 2.14. The van der Waals surface area contributed by atoms with Crippen molar-refractivity contribution in [3.63, 3.8) is 0 Å². The molecule has 2 rings (SSSR count). The number of rotatable bonds is 3. The number of carbonyl (C=O) groups is 2. The van der Waals surface area contributed by atoms with Gasteiger partial charge < -0.3 is 14.7 Å².